The molecule has 4 rings (SSSR count). The molecule has 36 heavy (non-hydrogen) atoms. The molecule has 1 saturated heterocycles. The lowest BCUT2D eigenvalue weighted by atomic mass is 10.1. The Labute approximate surface area is 209 Å². The first-order valence-electron chi connectivity index (χ1n) is 12.2. The highest BCUT2D eigenvalue weighted by Crippen LogP contribution is 2.33. The lowest BCUT2D eigenvalue weighted by molar-refractivity contribution is -0.125. The number of halogens is 2. The van der Waals surface area contributed by atoms with Crippen LogP contribution >= 0.6 is 0 Å². The summed E-state index contributed by atoms with van der Waals surface area (Å²) in [7, 11) is 1.51. The first-order chi connectivity index (χ1) is 17.3. The lowest BCUT2D eigenvalue weighted by Crippen LogP contribution is -2.46. The summed E-state index contributed by atoms with van der Waals surface area (Å²) in [5.74, 6) is -2.53. The Kier molecular flexibility index (Phi) is 7.98. The summed E-state index contributed by atoms with van der Waals surface area (Å²) in [4.78, 5) is 39.8. The van der Waals surface area contributed by atoms with Gasteiger partial charge in [-0.15, -0.1) is 0 Å². The van der Waals surface area contributed by atoms with Crippen LogP contribution in [0.1, 0.15) is 52.7 Å². The maximum absolute atomic E-state index is 13.4. The fourth-order valence-electron chi connectivity index (χ4n) is 4.73. The number of carbonyl (C=O) groups is 3. The van der Waals surface area contributed by atoms with Crippen molar-refractivity contribution < 1.29 is 27.9 Å². The van der Waals surface area contributed by atoms with Crippen LogP contribution in [0.2, 0.25) is 0 Å². The minimum absolute atomic E-state index is 0.0960. The molecular weight excluding hydrogens is 468 g/mol. The Hall–Kier alpha value is -3.33. The zero-order valence-corrected chi connectivity index (χ0v) is 20.3. The maximum Gasteiger partial charge on any atom is 0.255 e. The van der Waals surface area contributed by atoms with Crippen molar-refractivity contribution in [3.05, 3.63) is 64.7 Å². The third-order valence-corrected chi connectivity index (χ3v) is 6.85. The van der Waals surface area contributed by atoms with Gasteiger partial charge in [0, 0.05) is 57.1 Å². The number of ether oxygens (including phenoxy) is 1. The van der Waals surface area contributed by atoms with Gasteiger partial charge in [-0.3, -0.25) is 14.5 Å². The van der Waals surface area contributed by atoms with Gasteiger partial charge in [-0.25, -0.2) is 8.78 Å². The molecule has 0 aromatic heterocycles. The molecule has 2 heterocycles. The normalized spacial score (nSPS) is 18.0. The summed E-state index contributed by atoms with van der Waals surface area (Å²) in [5, 5.41) is 2.58. The first-order valence-corrected chi connectivity index (χ1v) is 12.2. The van der Waals surface area contributed by atoms with Crippen LogP contribution in [0.25, 0.3) is 0 Å². The molecule has 2 aromatic rings. The Bertz CT molecular complexity index is 1100. The van der Waals surface area contributed by atoms with E-state index in [2.05, 4.69) is 5.32 Å². The molecule has 0 bridgehead atoms. The molecule has 2 amide bonds. The molecule has 1 fully saturated rings. The van der Waals surface area contributed by atoms with Gasteiger partial charge in [-0.1, -0.05) is 30.3 Å². The maximum atomic E-state index is 13.4. The molecule has 192 valence electrons. The number of fused-ring (bicyclic) bond motifs is 1. The second-order valence-electron chi connectivity index (χ2n) is 9.33. The number of benzene rings is 2. The van der Waals surface area contributed by atoms with Gasteiger partial charge < -0.3 is 19.7 Å². The molecule has 0 saturated carbocycles. The Morgan fingerprint density at radius 3 is 2.50 bits per heavy atom. The van der Waals surface area contributed by atoms with Gasteiger partial charge in [0.15, 0.2) is 0 Å². The number of hydrogen-bond acceptors (Lipinski definition) is 5. The van der Waals surface area contributed by atoms with Crippen LogP contribution in [-0.4, -0.2) is 60.0 Å². The van der Waals surface area contributed by atoms with Crippen LogP contribution in [0.4, 0.5) is 8.78 Å². The van der Waals surface area contributed by atoms with Crippen molar-refractivity contribution in [2.45, 2.75) is 57.3 Å². The number of nitrogens with zero attached hydrogens (tertiary/aromatic N) is 2. The largest absolute Gasteiger partial charge is 0.489 e. The van der Waals surface area contributed by atoms with Crippen LogP contribution in [0.5, 0.6) is 5.75 Å². The summed E-state index contributed by atoms with van der Waals surface area (Å²) >= 11 is 0. The summed E-state index contributed by atoms with van der Waals surface area (Å²) in [6.07, 6.45) is 0.990. The number of hydrogen-bond donors (Lipinski definition) is 1. The number of alkyl halides is 2. The second-order valence-corrected chi connectivity index (χ2v) is 9.33. The topological polar surface area (TPSA) is 79.0 Å². The number of nitrogens with one attached hydrogen (secondary N) is 1. The van der Waals surface area contributed by atoms with Crippen LogP contribution in [0, 0.1) is 0 Å². The average Bonchev–Trinajstić information content (AvgIpc) is 3.21. The van der Waals surface area contributed by atoms with Crippen molar-refractivity contribution in [2.24, 2.45) is 0 Å². The molecule has 2 aromatic carbocycles. The number of amides is 2. The van der Waals surface area contributed by atoms with Gasteiger partial charge in [0.05, 0.1) is 6.54 Å². The fraction of sp³-hybridized carbons (Fsp3) is 0.444. The minimum atomic E-state index is -2.55. The van der Waals surface area contributed by atoms with Gasteiger partial charge in [0.25, 0.3) is 11.8 Å². The van der Waals surface area contributed by atoms with E-state index in [0.29, 0.717) is 37.6 Å². The third-order valence-electron chi connectivity index (χ3n) is 6.85. The molecule has 1 unspecified atom stereocenters. The molecule has 9 heteroatoms. The predicted octanol–water partition coefficient (Wildman–Crippen LogP) is 3.55. The zero-order chi connectivity index (χ0) is 25.7. The predicted molar refractivity (Wildman–Crippen MR) is 130 cm³/mol. The molecule has 2 aliphatic heterocycles. The molecule has 7 nitrogen and oxygen atoms in total. The standard InChI is InChI=1S/C27H31F2N3O4/c1-30-25(34)23(5-3-15-33)32-17-22-21(26(32)35)4-2-6-24(22)36-18-20-9-7-19(8-10-20)16-31-13-11-27(28,29)12-14-31/h2,4,6-10,15,23H,3,5,11-14,16-18H2,1H3,(H,30,34). The monoisotopic (exact) mass is 499 g/mol. The van der Waals surface area contributed by atoms with E-state index in [4.69, 9.17) is 4.74 Å². The van der Waals surface area contributed by atoms with Crippen LogP contribution in [0.15, 0.2) is 42.5 Å². The van der Waals surface area contributed by atoms with E-state index in [1.54, 1.807) is 18.2 Å². The van der Waals surface area contributed by atoms with Crippen LogP contribution in [0.3, 0.4) is 0 Å². The molecule has 0 spiro atoms. The summed E-state index contributed by atoms with van der Waals surface area (Å²) < 4.78 is 32.8. The lowest BCUT2D eigenvalue weighted by Gasteiger charge is -2.31. The van der Waals surface area contributed by atoms with E-state index >= 15 is 0 Å². The van der Waals surface area contributed by atoms with Gasteiger partial charge >= 0.3 is 0 Å². The summed E-state index contributed by atoms with van der Waals surface area (Å²) in [6.45, 7) is 1.95. The highest BCUT2D eigenvalue weighted by Gasteiger charge is 2.37. The van der Waals surface area contributed by atoms with Gasteiger partial charge in [0.1, 0.15) is 24.7 Å². The van der Waals surface area contributed by atoms with E-state index in [-0.39, 0.29) is 44.0 Å². The van der Waals surface area contributed by atoms with Gasteiger partial charge in [-0.2, -0.15) is 0 Å². The first kappa shape index (κ1) is 25.8. The average molecular weight is 500 g/mol. The number of piperidine rings is 1. The smallest absolute Gasteiger partial charge is 0.255 e. The molecule has 0 radical (unpaired) electrons. The van der Waals surface area contributed by atoms with Gasteiger partial charge in [0.2, 0.25) is 5.91 Å². The number of aldehydes is 1. The quantitative estimate of drug-likeness (QED) is 0.506. The van der Waals surface area contributed by atoms with E-state index in [0.717, 1.165) is 23.0 Å². The highest BCUT2D eigenvalue weighted by molar-refractivity contribution is 6.01. The zero-order valence-electron chi connectivity index (χ0n) is 20.3. The Morgan fingerprint density at radius 2 is 1.83 bits per heavy atom. The van der Waals surface area contributed by atoms with Crippen molar-refractivity contribution >= 4 is 18.1 Å². The van der Waals surface area contributed by atoms with Crippen molar-refractivity contribution in [1.82, 2.24) is 15.1 Å². The van der Waals surface area contributed by atoms with E-state index in [1.165, 1.54) is 11.9 Å². The number of likely N-dealkylation sites (N-methyl/N-ethyl adjacent to an activating group) is 1. The van der Waals surface area contributed by atoms with E-state index in [1.807, 2.05) is 29.2 Å². The van der Waals surface area contributed by atoms with Gasteiger partial charge in [-0.05, 0) is 29.7 Å². The fourth-order valence-corrected chi connectivity index (χ4v) is 4.73. The molecule has 1 N–H and O–H groups in total. The second kappa shape index (κ2) is 11.2. The minimum Gasteiger partial charge on any atom is -0.489 e. The van der Waals surface area contributed by atoms with Crippen LogP contribution in [-0.2, 0) is 29.3 Å². The van der Waals surface area contributed by atoms with Crippen LogP contribution < -0.4 is 10.1 Å². The van der Waals surface area contributed by atoms with E-state index in [9.17, 15) is 23.2 Å². The third kappa shape index (κ3) is 5.90. The van der Waals surface area contributed by atoms with Crippen molar-refractivity contribution in [2.75, 3.05) is 20.1 Å². The Morgan fingerprint density at radius 1 is 1.14 bits per heavy atom. The van der Waals surface area contributed by atoms with Crippen molar-refractivity contribution in [1.29, 1.82) is 0 Å². The summed E-state index contributed by atoms with van der Waals surface area (Å²) in [5.41, 5.74) is 3.22. The summed E-state index contributed by atoms with van der Waals surface area (Å²) in [6, 6.07) is 12.4. The molecule has 2 aliphatic rings. The molecular formula is C27H31F2N3O4. The van der Waals surface area contributed by atoms with Crippen molar-refractivity contribution in [3.8, 4) is 5.75 Å². The highest BCUT2D eigenvalue weighted by atomic mass is 19.3. The van der Waals surface area contributed by atoms with Crippen molar-refractivity contribution in [3.63, 3.8) is 0 Å². The molecule has 0 aliphatic carbocycles. The van der Waals surface area contributed by atoms with E-state index < -0.39 is 12.0 Å². The number of rotatable bonds is 10. The number of likely N-dealkylation sites (tertiary alicyclic amines) is 1. The number of carbonyl (C=O) groups excluding carboxylic acids is 3. The Balaban J connectivity index is 1.38. The SMILES string of the molecule is CNC(=O)C(CCC=O)N1Cc2c(OCc3ccc(CN4CCC(F)(F)CC4)cc3)cccc2C1=O. The molecule has 1 atom stereocenters.